The van der Waals surface area contributed by atoms with E-state index in [-0.39, 0.29) is 11.9 Å². The van der Waals surface area contributed by atoms with E-state index in [4.69, 9.17) is 0 Å². The van der Waals surface area contributed by atoms with Gasteiger partial charge in [0.2, 0.25) is 0 Å². The van der Waals surface area contributed by atoms with Crippen molar-refractivity contribution < 1.29 is 4.79 Å². The molecule has 1 atom stereocenters. The Labute approximate surface area is 152 Å². The second kappa shape index (κ2) is 7.09. The van der Waals surface area contributed by atoms with Gasteiger partial charge in [0.1, 0.15) is 0 Å². The third-order valence-electron chi connectivity index (χ3n) is 4.73. The molecule has 1 aromatic heterocycles. The molecule has 0 bridgehead atoms. The van der Waals surface area contributed by atoms with Crippen LogP contribution in [0.25, 0.3) is 5.69 Å². The van der Waals surface area contributed by atoms with E-state index >= 15 is 0 Å². The summed E-state index contributed by atoms with van der Waals surface area (Å²) in [6, 6.07) is 19.8. The highest BCUT2D eigenvalue weighted by molar-refractivity contribution is 5.92. The van der Waals surface area contributed by atoms with Gasteiger partial charge in [0, 0.05) is 19.6 Å². The summed E-state index contributed by atoms with van der Waals surface area (Å²) in [6.45, 7) is 2.33. The van der Waals surface area contributed by atoms with Crippen LogP contribution in [0.5, 0.6) is 0 Å². The predicted molar refractivity (Wildman–Crippen MR) is 99.1 cm³/mol. The van der Waals surface area contributed by atoms with Crippen molar-refractivity contribution in [3.63, 3.8) is 0 Å². The van der Waals surface area contributed by atoms with Crippen molar-refractivity contribution >= 4 is 5.91 Å². The molecule has 132 valence electrons. The molecule has 6 nitrogen and oxygen atoms in total. The number of benzene rings is 2. The van der Waals surface area contributed by atoms with E-state index in [0.29, 0.717) is 12.2 Å². The topological polar surface area (TPSA) is 54.3 Å². The fraction of sp³-hybridized carbons (Fsp3) is 0.250. The number of rotatable bonds is 3. The molecule has 1 unspecified atom stereocenters. The number of likely N-dealkylation sites (N-methyl/N-ethyl adjacent to an activating group) is 1. The highest BCUT2D eigenvalue weighted by atomic mass is 16.2. The molecule has 6 heteroatoms. The number of piperazine rings is 1. The predicted octanol–water partition coefficient (Wildman–Crippen LogP) is 2.40. The van der Waals surface area contributed by atoms with Crippen LogP contribution in [0.4, 0.5) is 0 Å². The Morgan fingerprint density at radius 3 is 2.42 bits per heavy atom. The summed E-state index contributed by atoms with van der Waals surface area (Å²) in [4.78, 5) is 18.8. The average Bonchev–Trinajstić information content (AvgIpc) is 3.19. The SMILES string of the molecule is CN1CCN(C(=O)c2cnn(-c3ccccc3)n2)C(c2ccccc2)C1. The first-order chi connectivity index (χ1) is 12.7. The van der Waals surface area contributed by atoms with Crippen LogP contribution in [0.1, 0.15) is 22.1 Å². The third-order valence-corrected chi connectivity index (χ3v) is 4.73. The molecule has 0 spiro atoms. The van der Waals surface area contributed by atoms with Crippen molar-refractivity contribution in [3.8, 4) is 5.69 Å². The number of carbonyl (C=O) groups excluding carboxylic acids is 1. The lowest BCUT2D eigenvalue weighted by atomic mass is 10.0. The highest BCUT2D eigenvalue weighted by Crippen LogP contribution is 2.26. The molecule has 0 aliphatic carbocycles. The molecule has 1 amide bonds. The maximum atomic E-state index is 13.1. The average molecular weight is 347 g/mol. The Hall–Kier alpha value is -2.99. The molecule has 0 N–H and O–H groups in total. The molecule has 1 aliphatic rings. The number of para-hydroxylation sites is 1. The van der Waals surface area contributed by atoms with Gasteiger partial charge < -0.3 is 9.80 Å². The van der Waals surface area contributed by atoms with Crippen molar-refractivity contribution in [1.29, 1.82) is 0 Å². The van der Waals surface area contributed by atoms with Gasteiger partial charge in [0.25, 0.3) is 5.91 Å². The zero-order valence-corrected chi connectivity index (χ0v) is 14.7. The molecule has 3 aromatic rings. The summed E-state index contributed by atoms with van der Waals surface area (Å²) >= 11 is 0. The second-order valence-corrected chi connectivity index (χ2v) is 6.54. The first-order valence-electron chi connectivity index (χ1n) is 8.74. The molecular weight excluding hydrogens is 326 g/mol. The summed E-state index contributed by atoms with van der Waals surface area (Å²) < 4.78 is 0. The van der Waals surface area contributed by atoms with Crippen LogP contribution in [-0.2, 0) is 0 Å². The lowest BCUT2D eigenvalue weighted by Gasteiger charge is -2.40. The molecular formula is C20H21N5O. The van der Waals surface area contributed by atoms with Crippen LogP contribution < -0.4 is 0 Å². The number of nitrogens with zero attached hydrogens (tertiary/aromatic N) is 5. The van der Waals surface area contributed by atoms with Gasteiger partial charge in [-0.1, -0.05) is 48.5 Å². The molecule has 4 rings (SSSR count). The minimum atomic E-state index is -0.0749. The summed E-state index contributed by atoms with van der Waals surface area (Å²) in [6.07, 6.45) is 1.55. The quantitative estimate of drug-likeness (QED) is 0.730. The number of carbonyl (C=O) groups is 1. The Morgan fingerprint density at radius 2 is 1.69 bits per heavy atom. The van der Waals surface area contributed by atoms with Crippen LogP contribution >= 0.6 is 0 Å². The van der Waals surface area contributed by atoms with Crippen LogP contribution in [0, 0.1) is 0 Å². The fourth-order valence-corrected chi connectivity index (χ4v) is 3.32. The van der Waals surface area contributed by atoms with E-state index in [0.717, 1.165) is 24.3 Å². The van der Waals surface area contributed by atoms with Crippen molar-refractivity contribution in [3.05, 3.63) is 78.1 Å². The Kier molecular flexibility index (Phi) is 4.50. The van der Waals surface area contributed by atoms with Gasteiger partial charge >= 0.3 is 0 Å². The highest BCUT2D eigenvalue weighted by Gasteiger charge is 2.32. The normalized spacial score (nSPS) is 18.0. The van der Waals surface area contributed by atoms with E-state index < -0.39 is 0 Å². The monoisotopic (exact) mass is 347 g/mol. The number of amides is 1. The van der Waals surface area contributed by atoms with E-state index in [9.17, 15) is 4.79 Å². The van der Waals surface area contributed by atoms with Crippen LogP contribution in [0.15, 0.2) is 66.9 Å². The zero-order valence-electron chi connectivity index (χ0n) is 14.7. The van der Waals surface area contributed by atoms with Crippen molar-refractivity contribution in [2.24, 2.45) is 0 Å². The van der Waals surface area contributed by atoms with Crippen LogP contribution in [0.3, 0.4) is 0 Å². The summed E-state index contributed by atoms with van der Waals surface area (Å²) in [7, 11) is 2.09. The minimum absolute atomic E-state index is 0.0179. The van der Waals surface area contributed by atoms with E-state index in [2.05, 4.69) is 34.3 Å². The maximum absolute atomic E-state index is 13.1. The molecule has 26 heavy (non-hydrogen) atoms. The van der Waals surface area contributed by atoms with E-state index in [1.165, 1.54) is 4.80 Å². The Balaban J connectivity index is 1.61. The molecule has 1 saturated heterocycles. The molecule has 0 saturated carbocycles. The zero-order chi connectivity index (χ0) is 17.9. The van der Waals surface area contributed by atoms with Crippen LogP contribution in [0.2, 0.25) is 0 Å². The summed E-state index contributed by atoms with van der Waals surface area (Å²) in [5.41, 5.74) is 2.35. The summed E-state index contributed by atoms with van der Waals surface area (Å²) in [5, 5.41) is 8.67. The van der Waals surface area contributed by atoms with Gasteiger partial charge in [0.05, 0.1) is 17.9 Å². The van der Waals surface area contributed by atoms with Gasteiger partial charge in [-0.25, -0.2) is 0 Å². The van der Waals surface area contributed by atoms with Crippen LogP contribution in [-0.4, -0.2) is 57.4 Å². The number of aromatic nitrogens is 3. The first-order valence-corrected chi connectivity index (χ1v) is 8.74. The standard InChI is InChI=1S/C20H21N5O/c1-23-12-13-24(19(15-23)16-8-4-2-5-9-16)20(26)18-14-21-25(22-18)17-10-6-3-7-11-17/h2-11,14,19H,12-13,15H2,1H3. The van der Waals surface area contributed by atoms with E-state index in [1.807, 2.05) is 53.4 Å². The molecule has 2 heterocycles. The third kappa shape index (κ3) is 3.23. The van der Waals surface area contributed by atoms with Gasteiger partial charge in [-0.3, -0.25) is 4.79 Å². The van der Waals surface area contributed by atoms with Crippen molar-refractivity contribution in [2.75, 3.05) is 26.7 Å². The lowest BCUT2D eigenvalue weighted by molar-refractivity contribution is 0.0492. The first kappa shape index (κ1) is 16.5. The molecule has 1 fully saturated rings. The van der Waals surface area contributed by atoms with Crippen molar-refractivity contribution in [2.45, 2.75) is 6.04 Å². The molecule has 0 radical (unpaired) electrons. The summed E-state index contributed by atoms with van der Waals surface area (Å²) in [5.74, 6) is -0.0749. The number of hydrogen-bond donors (Lipinski definition) is 0. The molecule has 1 aliphatic heterocycles. The minimum Gasteiger partial charge on any atom is -0.328 e. The van der Waals surface area contributed by atoms with Gasteiger partial charge in [-0.05, 0) is 24.7 Å². The Morgan fingerprint density at radius 1 is 1.00 bits per heavy atom. The largest absolute Gasteiger partial charge is 0.328 e. The van der Waals surface area contributed by atoms with Gasteiger partial charge in [-0.2, -0.15) is 9.90 Å². The van der Waals surface area contributed by atoms with Gasteiger partial charge in [0.15, 0.2) is 5.69 Å². The molecule has 2 aromatic carbocycles. The van der Waals surface area contributed by atoms with Crippen molar-refractivity contribution in [1.82, 2.24) is 24.8 Å². The Bertz CT molecular complexity index is 877. The second-order valence-electron chi connectivity index (χ2n) is 6.54. The fourth-order valence-electron chi connectivity index (χ4n) is 3.32. The van der Waals surface area contributed by atoms with E-state index in [1.54, 1.807) is 6.20 Å². The van der Waals surface area contributed by atoms with Gasteiger partial charge in [-0.15, -0.1) is 5.10 Å². The number of hydrogen-bond acceptors (Lipinski definition) is 4. The lowest BCUT2D eigenvalue weighted by Crippen LogP contribution is -2.49. The smallest absolute Gasteiger partial charge is 0.276 e. The maximum Gasteiger partial charge on any atom is 0.276 e.